The summed E-state index contributed by atoms with van der Waals surface area (Å²) < 4.78 is 0. The van der Waals surface area contributed by atoms with Crippen molar-refractivity contribution in [2.45, 2.75) is 32.6 Å². The zero-order chi connectivity index (χ0) is 21.2. The standard InChI is InChI=1S/C21H22N8O2/c30-20(23-10-19-24-15-7-8-22-9-17(15)25-19)16-5-6-18(28-27-16)26-21(31)29-11-13-3-1-2-4-14(13)12-29/h1-6,22H,7-12H2,(H,23,30)(H,24,25)(H,26,28,31). The molecule has 0 radical (unpaired) electrons. The summed E-state index contributed by atoms with van der Waals surface area (Å²) in [5.41, 5.74) is 4.57. The highest BCUT2D eigenvalue weighted by atomic mass is 16.2. The summed E-state index contributed by atoms with van der Waals surface area (Å²) in [5.74, 6) is 0.655. The molecule has 2 aliphatic heterocycles. The van der Waals surface area contributed by atoms with Crippen molar-refractivity contribution in [3.05, 3.63) is 70.4 Å². The molecule has 3 amide bonds. The van der Waals surface area contributed by atoms with E-state index in [0.29, 0.717) is 24.7 Å². The van der Waals surface area contributed by atoms with Gasteiger partial charge in [0.15, 0.2) is 11.5 Å². The number of urea groups is 1. The molecule has 0 atom stereocenters. The van der Waals surface area contributed by atoms with E-state index in [-0.39, 0.29) is 24.2 Å². The molecule has 4 N–H and O–H groups in total. The number of anilines is 1. The Morgan fingerprint density at radius 2 is 1.87 bits per heavy atom. The van der Waals surface area contributed by atoms with Gasteiger partial charge in [-0.05, 0) is 23.3 Å². The number of aromatic nitrogens is 4. The van der Waals surface area contributed by atoms with Crippen LogP contribution in [0, 0.1) is 0 Å². The predicted octanol–water partition coefficient (Wildman–Crippen LogP) is 1.32. The Bertz CT molecular complexity index is 1080. The number of aromatic amines is 1. The van der Waals surface area contributed by atoms with Gasteiger partial charge in [0.05, 0.1) is 17.9 Å². The van der Waals surface area contributed by atoms with Gasteiger partial charge in [-0.1, -0.05) is 24.3 Å². The van der Waals surface area contributed by atoms with Crippen molar-refractivity contribution in [2.24, 2.45) is 0 Å². The number of hydrogen-bond acceptors (Lipinski definition) is 6. The van der Waals surface area contributed by atoms with E-state index in [9.17, 15) is 9.59 Å². The Morgan fingerprint density at radius 3 is 2.58 bits per heavy atom. The largest absolute Gasteiger partial charge is 0.343 e. The Labute approximate surface area is 178 Å². The van der Waals surface area contributed by atoms with Crippen molar-refractivity contribution in [1.82, 2.24) is 35.7 Å². The number of carbonyl (C=O) groups excluding carboxylic acids is 2. The molecular formula is C21H22N8O2. The molecule has 5 rings (SSSR count). The average Bonchev–Trinajstić information content (AvgIpc) is 3.42. The van der Waals surface area contributed by atoms with Crippen LogP contribution in [0.2, 0.25) is 0 Å². The maximum Gasteiger partial charge on any atom is 0.323 e. The molecule has 31 heavy (non-hydrogen) atoms. The number of nitrogens with one attached hydrogen (secondary N) is 4. The number of rotatable bonds is 4. The van der Waals surface area contributed by atoms with Crippen LogP contribution in [0.4, 0.5) is 10.6 Å². The molecule has 158 valence electrons. The van der Waals surface area contributed by atoms with Gasteiger partial charge in [0, 0.05) is 32.6 Å². The number of amides is 3. The minimum absolute atomic E-state index is 0.171. The van der Waals surface area contributed by atoms with E-state index in [0.717, 1.165) is 42.0 Å². The summed E-state index contributed by atoms with van der Waals surface area (Å²) in [5, 5.41) is 16.7. The maximum atomic E-state index is 12.5. The van der Waals surface area contributed by atoms with Crippen molar-refractivity contribution < 1.29 is 9.59 Å². The normalized spacial score (nSPS) is 14.6. The van der Waals surface area contributed by atoms with Crippen LogP contribution in [0.25, 0.3) is 0 Å². The number of hydrogen-bond donors (Lipinski definition) is 4. The van der Waals surface area contributed by atoms with Crippen LogP contribution in [0.3, 0.4) is 0 Å². The Morgan fingerprint density at radius 1 is 1.06 bits per heavy atom. The predicted molar refractivity (Wildman–Crippen MR) is 112 cm³/mol. The van der Waals surface area contributed by atoms with Gasteiger partial charge in [0.2, 0.25) is 0 Å². The van der Waals surface area contributed by atoms with Crippen molar-refractivity contribution in [2.75, 3.05) is 11.9 Å². The zero-order valence-corrected chi connectivity index (χ0v) is 16.8. The van der Waals surface area contributed by atoms with Crippen LogP contribution >= 0.6 is 0 Å². The Hall–Kier alpha value is -3.79. The van der Waals surface area contributed by atoms with E-state index in [2.05, 4.69) is 36.1 Å². The first-order valence-electron chi connectivity index (χ1n) is 10.2. The van der Waals surface area contributed by atoms with Crippen LogP contribution in [-0.2, 0) is 32.6 Å². The molecule has 3 aromatic rings. The summed E-state index contributed by atoms with van der Waals surface area (Å²) in [7, 11) is 0. The lowest BCUT2D eigenvalue weighted by Crippen LogP contribution is -2.31. The first-order valence-corrected chi connectivity index (χ1v) is 10.2. The first kappa shape index (κ1) is 19.2. The Balaban J connectivity index is 1.15. The van der Waals surface area contributed by atoms with Gasteiger partial charge in [-0.25, -0.2) is 9.78 Å². The molecule has 0 saturated carbocycles. The second-order valence-corrected chi connectivity index (χ2v) is 7.58. The van der Waals surface area contributed by atoms with E-state index in [1.54, 1.807) is 11.0 Å². The fraction of sp³-hybridized carbons (Fsp3) is 0.286. The molecule has 0 bridgehead atoms. The molecule has 0 unspecified atom stereocenters. The van der Waals surface area contributed by atoms with Crippen molar-refractivity contribution in [3.63, 3.8) is 0 Å². The summed E-state index contributed by atoms with van der Waals surface area (Å²) in [6.45, 7) is 3.07. The van der Waals surface area contributed by atoms with Gasteiger partial charge in [-0.2, -0.15) is 0 Å². The smallest absolute Gasteiger partial charge is 0.323 e. The highest BCUT2D eigenvalue weighted by Gasteiger charge is 2.23. The van der Waals surface area contributed by atoms with Crippen molar-refractivity contribution in [3.8, 4) is 0 Å². The van der Waals surface area contributed by atoms with E-state index < -0.39 is 0 Å². The second-order valence-electron chi connectivity index (χ2n) is 7.58. The highest BCUT2D eigenvalue weighted by molar-refractivity contribution is 5.93. The van der Waals surface area contributed by atoms with Crippen LogP contribution in [0.1, 0.15) is 38.8 Å². The summed E-state index contributed by atoms with van der Waals surface area (Å²) >= 11 is 0. The minimum Gasteiger partial charge on any atom is -0.343 e. The second kappa shape index (κ2) is 8.15. The SMILES string of the molecule is O=C(NCc1nc2c([nH]1)CNCC2)c1ccc(NC(=O)N2Cc3ccccc3C2)nn1. The average molecular weight is 418 g/mol. The van der Waals surface area contributed by atoms with Gasteiger partial charge in [-0.15, -0.1) is 10.2 Å². The minimum atomic E-state index is -0.354. The zero-order valence-electron chi connectivity index (χ0n) is 16.8. The molecule has 10 heteroatoms. The fourth-order valence-electron chi connectivity index (χ4n) is 3.80. The number of carbonyl (C=O) groups is 2. The van der Waals surface area contributed by atoms with Gasteiger partial charge in [0.1, 0.15) is 5.82 Å². The molecular weight excluding hydrogens is 396 g/mol. The molecule has 10 nitrogen and oxygen atoms in total. The van der Waals surface area contributed by atoms with Crippen LogP contribution in [0.5, 0.6) is 0 Å². The first-order chi connectivity index (χ1) is 15.2. The van der Waals surface area contributed by atoms with Gasteiger partial charge in [-0.3, -0.25) is 10.1 Å². The van der Waals surface area contributed by atoms with Gasteiger partial charge >= 0.3 is 6.03 Å². The van der Waals surface area contributed by atoms with E-state index >= 15 is 0 Å². The quantitative estimate of drug-likeness (QED) is 0.506. The topological polar surface area (TPSA) is 128 Å². The number of H-pyrrole nitrogens is 1. The molecule has 4 heterocycles. The summed E-state index contributed by atoms with van der Waals surface area (Å²) in [6, 6.07) is 10.8. The summed E-state index contributed by atoms with van der Waals surface area (Å²) in [4.78, 5) is 34.3. The van der Waals surface area contributed by atoms with E-state index in [1.807, 2.05) is 24.3 Å². The van der Waals surface area contributed by atoms with E-state index in [4.69, 9.17) is 0 Å². The lowest BCUT2D eigenvalue weighted by molar-refractivity contribution is 0.0944. The summed E-state index contributed by atoms with van der Waals surface area (Å²) in [6.07, 6.45) is 0.877. The van der Waals surface area contributed by atoms with E-state index in [1.165, 1.54) is 6.07 Å². The monoisotopic (exact) mass is 418 g/mol. The molecule has 0 spiro atoms. The van der Waals surface area contributed by atoms with Crippen molar-refractivity contribution in [1.29, 1.82) is 0 Å². The molecule has 1 aromatic carbocycles. The van der Waals surface area contributed by atoms with Gasteiger partial charge in [0.25, 0.3) is 5.91 Å². The van der Waals surface area contributed by atoms with Crippen LogP contribution in [-0.4, -0.2) is 43.5 Å². The van der Waals surface area contributed by atoms with Crippen LogP contribution in [0.15, 0.2) is 36.4 Å². The van der Waals surface area contributed by atoms with Crippen LogP contribution < -0.4 is 16.0 Å². The third kappa shape index (κ3) is 4.10. The number of fused-ring (bicyclic) bond motifs is 2. The number of benzene rings is 1. The number of nitrogens with zero attached hydrogens (tertiary/aromatic N) is 4. The fourth-order valence-corrected chi connectivity index (χ4v) is 3.80. The van der Waals surface area contributed by atoms with Gasteiger partial charge < -0.3 is 20.5 Å². The lowest BCUT2D eigenvalue weighted by Gasteiger charge is -2.15. The number of imidazole rings is 1. The maximum absolute atomic E-state index is 12.5. The third-order valence-electron chi connectivity index (χ3n) is 5.43. The molecule has 0 fully saturated rings. The lowest BCUT2D eigenvalue weighted by atomic mass is 10.1. The molecule has 2 aliphatic rings. The third-order valence-corrected chi connectivity index (χ3v) is 5.43. The molecule has 0 aliphatic carbocycles. The Kier molecular flexibility index (Phi) is 5.04. The van der Waals surface area contributed by atoms with Crippen molar-refractivity contribution >= 4 is 17.8 Å². The molecule has 2 aromatic heterocycles. The molecule has 0 saturated heterocycles. The highest BCUT2D eigenvalue weighted by Crippen LogP contribution is 2.22.